The molecule has 0 saturated carbocycles. The van der Waals surface area contributed by atoms with Crippen molar-refractivity contribution >= 4 is 104 Å². The molecule has 0 N–H and O–H groups in total. The molecule has 11 aromatic carbocycles. The fraction of sp³-hybridized carbons (Fsp3) is 0.0563. The molecule has 1 atom stereocenters. The van der Waals surface area contributed by atoms with Gasteiger partial charge in [-0.05, 0) is 110 Å². The van der Waals surface area contributed by atoms with Crippen LogP contribution in [-0.2, 0) is 6.42 Å². The van der Waals surface area contributed by atoms with E-state index in [2.05, 4.69) is 253 Å². The van der Waals surface area contributed by atoms with Crippen LogP contribution >= 0.6 is 0 Å². The maximum atomic E-state index is 6.97. The minimum Gasteiger partial charge on any atom is -0.456 e. The molecule has 0 spiro atoms. The first-order chi connectivity index (χ1) is 37.1. The van der Waals surface area contributed by atoms with Gasteiger partial charge in [0, 0.05) is 73.1 Å². The molecule has 4 nitrogen and oxygen atoms in total. The first-order valence-corrected chi connectivity index (χ1v) is 26.2. The van der Waals surface area contributed by atoms with Crippen LogP contribution in [0, 0.1) is 5.92 Å². The Hall–Kier alpha value is -9.51. The Morgan fingerprint density at radius 1 is 0.440 bits per heavy atom. The molecular formula is C71H47N3O. The number of aromatic nitrogens is 2. The van der Waals surface area contributed by atoms with E-state index in [0.29, 0.717) is 6.42 Å². The maximum absolute atomic E-state index is 6.97. The number of fused-ring (bicyclic) bond motifs is 17. The Kier molecular flexibility index (Phi) is 9.11. The van der Waals surface area contributed by atoms with E-state index >= 15 is 0 Å². The minimum absolute atomic E-state index is 0.0483. The van der Waals surface area contributed by atoms with Gasteiger partial charge in [0.05, 0.1) is 39.2 Å². The van der Waals surface area contributed by atoms with Crippen molar-refractivity contribution in [3.8, 4) is 22.5 Å². The number of allylic oxidation sites excluding steroid dienone is 3. The summed E-state index contributed by atoms with van der Waals surface area (Å²) in [5, 5.41) is 12.0. The topological polar surface area (TPSA) is 35.4 Å². The predicted molar refractivity (Wildman–Crippen MR) is 315 cm³/mol. The Morgan fingerprint density at radius 2 is 1.13 bits per heavy atom. The van der Waals surface area contributed by atoms with E-state index in [1.54, 1.807) is 0 Å². The van der Waals surface area contributed by atoms with Crippen LogP contribution < -0.4 is 0 Å². The molecule has 0 saturated heterocycles. The first-order valence-electron chi connectivity index (χ1n) is 26.2. The van der Waals surface area contributed by atoms with Gasteiger partial charge in [0.15, 0.2) is 0 Å². The number of para-hydroxylation sites is 2. The van der Waals surface area contributed by atoms with E-state index in [1.807, 2.05) is 0 Å². The zero-order chi connectivity index (χ0) is 49.3. The van der Waals surface area contributed by atoms with Crippen LogP contribution in [-0.4, -0.2) is 14.8 Å². The largest absolute Gasteiger partial charge is 0.456 e. The molecule has 16 rings (SSSR count). The van der Waals surface area contributed by atoms with Gasteiger partial charge in [-0.25, -0.2) is 0 Å². The van der Waals surface area contributed by atoms with E-state index < -0.39 is 0 Å². The normalized spacial score (nSPS) is 17.2. The van der Waals surface area contributed by atoms with E-state index in [-0.39, 0.29) is 5.92 Å². The predicted octanol–water partition coefficient (Wildman–Crippen LogP) is 18.6. The highest BCUT2D eigenvalue weighted by atomic mass is 16.3. The number of benzene rings is 11. The van der Waals surface area contributed by atoms with Crippen molar-refractivity contribution in [3.05, 3.63) is 264 Å². The summed E-state index contributed by atoms with van der Waals surface area (Å²) >= 11 is 0. The molecule has 75 heavy (non-hydrogen) atoms. The third kappa shape index (κ3) is 6.39. The molecule has 1 unspecified atom stereocenters. The van der Waals surface area contributed by atoms with Gasteiger partial charge in [0.1, 0.15) is 11.2 Å². The van der Waals surface area contributed by atoms with Crippen LogP contribution in [0.15, 0.2) is 252 Å². The van der Waals surface area contributed by atoms with Crippen LogP contribution in [0.1, 0.15) is 35.6 Å². The lowest BCUT2D eigenvalue weighted by molar-refractivity contribution is 0.669. The lowest BCUT2D eigenvalue weighted by Gasteiger charge is -2.25. The second-order valence-corrected chi connectivity index (χ2v) is 20.6. The Balaban J connectivity index is 1.03. The summed E-state index contributed by atoms with van der Waals surface area (Å²) in [5.41, 5.74) is 20.2. The highest BCUT2D eigenvalue weighted by Crippen LogP contribution is 2.48. The minimum atomic E-state index is 0.0483. The van der Waals surface area contributed by atoms with E-state index in [9.17, 15) is 0 Å². The zero-order valence-electron chi connectivity index (χ0n) is 41.3. The Morgan fingerprint density at radius 3 is 1.97 bits per heavy atom. The monoisotopic (exact) mass is 957 g/mol. The molecule has 0 fully saturated rings. The molecule has 2 aliphatic heterocycles. The summed E-state index contributed by atoms with van der Waals surface area (Å²) in [6.07, 6.45) is 4.01. The Labute approximate surface area is 433 Å². The van der Waals surface area contributed by atoms with Gasteiger partial charge >= 0.3 is 0 Å². The van der Waals surface area contributed by atoms with Crippen molar-refractivity contribution in [1.82, 2.24) is 9.13 Å². The average molecular weight is 958 g/mol. The SMILES string of the molecule is CC1C/C=C2/C(=C(c3ccc(-c4ccccc4)cc3)\N=C/1c1cccc3c1c1ccccc1n3-c1ccccc1)Cc1ccc3c4cc5ccccc5cc4n(c3c1)-c1cc3oc4ccc5ccccc5c4c3cc12. The summed E-state index contributed by atoms with van der Waals surface area (Å²) in [7, 11) is 0. The quantitative estimate of drug-likeness (QED) is 0.173. The fourth-order valence-electron chi connectivity index (χ4n) is 12.8. The van der Waals surface area contributed by atoms with Crippen LogP contribution in [0.5, 0.6) is 0 Å². The molecular weight excluding hydrogens is 911 g/mol. The van der Waals surface area contributed by atoms with Crippen molar-refractivity contribution in [1.29, 1.82) is 0 Å². The van der Waals surface area contributed by atoms with Crippen LogP contribution in [0.4, 0.5) is 0 Å². The third-order valence-electron chi connectivity index (χ3n) is 16.3. The Bertz CT molecular complexity index is 4810. The average Bonchev–Trinajstić information content (AvgIpc) is 4.21. The molecule has 352 valence electrons. The number of furan rings is 1. The number of nitrogens with zero attached hydrogens (tertiary/aromatic N) is 3. The van der Waals surface area contributed by atoms with Crippen molar-refractivity contribution in [3.63, 3.8) is 0 Å². The first kappa shape index (κ1) is 42.0. The second kappa shape index (κ2) is 16.2. The summed E-state index contributed by atoms with van der Waals surface area (Å²) in [6.45, 7) is 2.37. The summed E-state index contributed by atoms with van der Waals surface area (Å²) < 4.78 is 11.9. The van der Waals surface area contributed by atoms with E-state index in [4.69, 9.17) is 9.41 Å². The van der Waals surface area contributed by atoms with Crippen LogP contribution in [0.25, 0.3) is 121 Å². The van der Waals surface area contributed by atoms with Gasteiger partial charge in [-0.1, -0.05) is 183 Å². The molecule has 2 bridgehead atoms. The lowest BCUT2D eigenvalue weighted by Crippen LogP contribution is -2.16. The second-order valence-electron chi connectivity index (χ2n) is 20.6. The third-order valence-corrected chi connectivity index (χ3v) is 16.3. The van der Waals surface area contributed by atoms with Gasteiger partial charge in [0.2, 0.25) is 0 Å². The molecule has 5 heterocycles. The lowest BCUT2D eigenvalue weighted by atomic mass is 9.83. The summed E-state index contributed by atoms with van der Waals surface area (Å²) in [6, 6.07) is 84.8. The fourth-order valence-corrected chi connectivity index (χ4v) is 12.8. The molecule has 0 amide bonds. The highest BCUT2D eigenvalue weighted by molar-refractivity contribution is 6.23. The van der Waals surface area contributed by atoms with Crippen molar-refractivity contribution < 1.29 is 4.42 Å². The van der Waals surface area contributed by atoms with Gasteiger partial charge < -0.3 is 13.6 Å². The van der Waals surface area contributed by atoms with Crippen molar-refractivity contribution in [2.45, 2.75) is 19.8 Å². The molecule has 2 aliphatic rings. The smallest absolute Gasteiger partial charge is 0.137 e. The molecule has 0 radical (unpaired) electrons. The standard InChI is InChI=1S/C71H47N3O/c1-43-27-34-53-58-41-60-67(75-66-36-33-47-17-10-11-22-52(47)69(60)66)42-65(58)74-63-38-44(28-35-54(63)57-39-49-18-8-9-19-50(49)40-64(57)74)37-59(53)71(48-31-29-46(30-32-48)45-15-4-2-5-16-45)72-70(43)56-24-14-26-62-68(56)55-23-12-13-25-61(55)73(62)51-20-6-3-7-21-51/h2-26,28-36,38-43H,27,37H2,1H3/b53-34+,71-59-,72-70+. The molecule has 14 aromatic rings. The van der Waals surface area contributed by atoms with Gasteiger partial charge in [-0.2, -0.15) is 0 Å². The maximum Gasteiger partial charge on any atom is 0.137 e. The van der Waals surface area contributed by atoms with Crippen molar-refractivity contribution in [2.75, 3.05) is 0 Å². The highest BCUT2D eigenvalue weighted by Gasteiger charge is 2.30. The molecule has 3 aromatic heterocycles. The summed E-state index contributed by atoms with van der Waals surface area (Å²) in [4.78, 5) is 6.18. The number of hydrogen-bond acceptors (Lipinski definition) is 2. The zero-order valence-corrected chi connectivity index (χ0v) is 41.3. The number of aliphatic imine (C=N–C) groups is 1. The van der Waals surface area contributed by atoms with Crippen LogP contribution in [0.3, 0.4) is 0 Å². The number of rotatable bonds is 4. The van der Waals surface area contributed by atoms with Gasteiger partial charge in [-0.3, -0.25) is 4.99 Å². The van der Waals surface area contributed by atoms with E-state index in [0.717, 1.165) is 56.7 Å². The molecule has 4 heteroatoms. The number of hydrogen-bond donors (Lipinski definition) is 0. The molecule has 0 aliphatic carbocycles. The van der Waals surface area contributed by atoms with Gasteiger partial charge in [0.25, 0.3) is 0 Å². The van der Waals surface area contributed by atoms with E-state index in [1.165, 1.54) is 104 Å². The van der Waals surface area contributed by atoms with Gasteiger partial charge in [-0.15, -0.1) is 0 Å². The van der Waals surface area contributed by atoms with Crippen molar-refractivity contribution in [2.24, 2.45) is 10.9 Å². The van der Waals surface area contributed by atoms with Crippen LogP contribution in [0.2, 0.25) is 0 Å². The summed E-state index contributed by atoms with van der Waals surface area (Å²) in [5.74, 6) is 0.0483.